The van der Waals surface area contributed by atoms with E-state index in [4.69, 9.17) is 0 Å². The first-order valence-corrected chi connectivity index (χ1v) is 4.93. The van der Waals surface area contributed by atoms with E-state index in [1.807, 2.05) is 6.92 Å². The van der Waals surface area contributed by atoms with Gasteiger partial charge in [-0.1, -0.05) is 19.8 Å². The number of aromatic nitrogens is 2. The van der Waals surface area contributed by atoms with E-state index in [2.05, 4.69) is 17.1 Å². The maximum Gasteiger partial charge on any atom is 0.117 e. The molecule has 1 heterocycles. The fourth-order valence-electron chi connectivity index (χ4n) is 0.965. The number of aryl methyl sites for hydroxylation is 2. The largest absolute Gasteiger partial charge is 0.144 e. The van der Waals surface area contributed by atoms with Gasteiger partial charge in [0.15, 0.2) is 0 Å². The molecule has 1 rings (SSSR count). The van der Waals surface area contributed by atoms with E-state index in [9.17, 15) is 0 Å². The molecule has 0 unspecified atom stereocenters. The maximum atomic E-state index is 4.06. The SMILES string of the molecule is CCCCCc1nnc(C)s1. The standard InChI is InChI=1S/C8H14N2S/c1-3-4-5-6-8-10-9-7(2)11-8/h3-6H2,1-2H3. The molecule has 62 valence electrons. The Kier molecular flexibility index (Phi) is 3.49. The molecule has 0 aliphatic rings. The summed E-state index contributed by atoms with van der Waals surface area (Å²) in [6, 6.07) is 0. The molecule has 0 aliphatic heterocycles. The van der Waals surface area contributed by atoms with Crippen LogP contribution in [0.4, 0.5) is 0 Å². The van der Waals surface area contributed by atoms with Gasteiger partial charge in [-0.3, -0.25) is 0 Å². The summed E-state index contributed by atoms with van der Waals surface area (Å²) in [4.78, 5) is 0. The van der Waals surface area contributed by atoms with Crippen molar-refractivity contribution in [3.8, 4) is 0 Å². The minimum Gasteiger partial charge on any atom is -0.144 e. The molecule has 0 saturated heterocycles. The zero-order valence-corrected chi connectivity index (χ0v) is 7.95. The molecule has 0 aliphatic carbocycles. The van der Waals surface area contributed by atoms with Gasteiger partial charge < -0.3 is 0 Å². The highest BCUT2D eigenvalue weighted by atomic mass is 32.1. The highest BCUT2D eigenvalue weighted by Gasteiger charge is 1.98. The lowest BCUT2D eigenvalue weighted by molar-refractivity contribution is 0.710. The summed E-state index contributed by atoms with van der Waals surface area (Å²) >= 11 is 1.72. The second kappa shape index (κ2) is 4.44. The van der Waals surface area contributed by atoms with Gasteiger partial charge in [-0.2, -0.15) is 0 Å². The summed E-state index contributed by atoms with van der Waals surface area (Å²) in [5.74, 6) is 0. The van der Waals surface area contributed by atoms with Crippen molar-refractivity contribution >= 4 is 11.3 Å². The van der Waals surface area contributed by atoms with Gasteiger partial charge in [0, 0.05) is 6.42 Å². The lowest BCUT2D eigenvalue weighted by Crippen LogP contribution is -1.83. The molecule has 1 aromatic rings. The van der Waals surface area contributed by atoms with Crippen LogP contribution in [0.1, 0.15) is 36.2 Å². The summed E-state index contributed by atoms with van der Waals surface area (Å²) in [5, 5.41) is 10.3. The van der Waals surface area contributed by atoms with Crippen molar-refractivity contribution < 1.29 is 0 Å². The van der Waals surface area contributed by atoms with Crippen LogP contribution >= 0.6 is 11.3 Å². The number of rotatable bonds is 4. The fourth-order valence-corrected chi connectivity index (χ4v) is 1.72. The van der Waals surface area contributed by atoms with Crippen molar-refractivity contribution in [3.05, 3.63) is 10.0 Å². The van der Waals surface area contributed by atoms with E-state index < -0.39 is 0 Å². The van der Waals surface area contributed by atoms with Gasteiger partial charge in [0.2, 0.25) is 0 Å². The zero-order chi connectivity index (χ0) is 8.10. The number of nitrogens with zero attached hydrogens (tertiary/aromatic N) is 2. The maximum absolute atomic E-state index is 4.06. The van der Waals surface area contributed by atoms with Crippen molar-refractivity contribution in [2.24, 2.45) is 0 Å². The predicted octanol–water partition coefficient (Wildman–Crippen LogP) is 2.58. The highest BCUT2D eigenvalue weighted by Crippen LogP contribution is 2.11. The predicted molar refractivity (Wildman–Crippen MR) is 47.9 cm³/mol. The van der Waals surface area contributed by atoms with Gasteiger partial charge in [0.1, 0.15) is 10.0 Å². The molecule has 1 aromatic heterocycles. The summed E-state index contributed by atoms with van der Waals surface area (Å²) < 4.78 is 0. The Morgan fingerprint density at radius 3 is 2.64 bits per heavy atom. The quantitative estimate of drug-likeness (QED) is 0.649. The Hall–Kier alpha value is -0.440. The van der Waals surface area contributed by atoms with Gasteiger partial charge >= 0.3 is 0 Å². The minimum absolute atomic E-state index is 1.08. The number of hydrogen-bond donors (Lipinski definition) is 0. The van der Waals surface area contributed by atoms with Crippen molar-refractivity contribution in [2.75, 3.05) is 0 Å². The third-order valence-electron chi connectivity index (χ3n) is 1.56. The first-order valence-electron chi connectivity index (χ1n) is 4.12. The Balaban J connectivity index is 2.27. The highest BCUT2D eigenvalue weighted by molar-refractivity contribution is 7.11. The molecule has 2 nitrogen and oxygen atoms in total. The first-order chi connectivity index (χ1) is 5.33. The third-order valence-corrected chi connectivity index (χ3v) is 2.46. The van der Waals surface area contributed by atoms with E-state index in [1.165, 1.54) is 24.3 Å². The Morgan fingerprint density at radius 2 is 2.09 bits per heavy atom. The Labute approximate surface area is 71.7 Å². The molecule has 0 amide bonds. The van der Waals surface area contributed by atoms with Crippen LogP contribution < -0.4 is 0 Å². The van der Waals surface area contributed by atoms with Crippen LogP contribution in [0.2, 0.25) is 0 Å². The van der Waals surface area contributed by atoms with Crippen LogP contribution in [-0.4, -0.2) is 10.2 Å². The van der Waals surface area contributed by atoms with Crippen LogP contribution in [0.5, 0.6) is 0 Å². The van der Waals surface area contributed by atoms with Crippen molar-refractivity contribution in [3.63, 3.8) is 0 Å². The second-order valence-electron chi connectivity index (χ2n) is 2.67. The van der Waals surface area contributed by atoms with Crippen LogP contribution in [-0.2, 0) is 6.42 Å². The fraction of sp³-hybridized carbons (Fsp3) is 0.750. The normalized spacial score (nSPS) is 10.4. The van der Waals surface area contributed by atoms with Crippen LogP contribution in [0.25, 0.3) is 0 Å². The molecule has 3 heteroatoms. The number of unbranched alkanes of at least 4 members (excludes halogenated alkanes) is 2. The lowest BCUT2D eigenvalue weighted by atomic mass is 10.2. The summed E-state index contributed by atoms with van der Waals surface area (Å²) in [7, 11) is 0. The molecule has 0 N–H and O–H groups in total. The first kappa shape index (κ1) is 8.65. The van der Waals surface area contributed by atoms with Gasteiger partial charge in [0.25, 0.3) is 0 Å². The molecular formula is C8H14N2S. The molecule has 0 radical (unpaired) electrons. The zero-order valence-electron chi connectivity index (χ0n) is 7.13. The molecule has 0 bridgehead atoms. The van der Waals surface area contributed by atoms with E-state index in [0.29, 0.717) is 0 Å². The smallest absolute Gasteiger partial charge is 0.117 e. The minimum atomic E-state index is 1.08. The van der Waals surface area contributed by atoms with Gasteiger partial charge in [0.05, 0.1) is 0 Å². The van der Waals surface area contributed by atoms with Gasteiger partial charge in [-0.15, -0.1) is 21.5 Å². The van der Waals surface area contributed by atoms with Crippen LogP contribution in [0.3, 0.4) is 0 Å². The van der Waals surface area contributed by atoms with E-state index in [0.717, 1.165) is 11.4 Å². The van der Waals surface area contributed by atoms with Crippen molar-refractivity contribution in [1.82, 2.24) is 10.2 Å². The monoisotopic (exact) mass is 170 g/mol. The average molecular weight is 170 g/mol. The second-order valence-corrected chi connectivity index (χ2v) is 3.94. The summed E-state index contributed by atoms with van der Waals surface area (Å²) in [6.07, 6.45) is 4.95. The third kappa shape index (κ3) is 2.97. The molecule has 0 saturated carbocycles. The molecule has 11 heavy (non-hydrogen) atoms. The Bertz CT molecular complexity index is 208. The molecule has 0 aromatic carbocycles. The van der Waals surface area contributed by atoms with Crippen molar-refractivity contribution in [2.45, 2.75) is 39.5 Å². The number of hydrogen-bond acceptors (Lipinski definition) is 3. The summed E-state index contributed by atoms with van der Waals surface area (Å²) in [5.41, 5.74) is 0. The lowest BCUT2D eigenvalue weighted by Gasteiger charge is -1.91. The average Bonchev–Trinajstić information content (AvgIpc) is 2.37. The van der Waals surface area contributed by atoms with Crippen LogP contribution in [0, 0.1) is 6.92 Å². The van der Waals surface area contributed by atoms with Gasteiger partial charge in [-0.05, 0) is 13.3 Å². The molecule has 0 fully saturated rings. The van der Waals surface area contributed by atoms with E-state index in [-0.39, 0.29) is 0 Å². The molecule has 0 spiro atoms. The topological polar surface area (TPSA) is 25.8 Å². The molecule has 0 atom stereocenters. The van der Waals surface area contributed by atoms with Crippen molar-refractivity contribution in [1.29, 1.82) is 0 Å². The van der Waals surface area contributed by atoms with E-state index in [1.54, 1.807) is 11.3 Å². The van der Waals surface area contributed by atoms with E-state index >= 15 is 0 Å². The summed E-state index contributed by atoms with van der Waals surface area (Å²) in [6.45, 7) is 4.21. The van der Waals surface area contributed by atoms with Gasteiger partial charge in [-0.25, -0.2) is 0 Å². The molecular weight excluding hydrogens is 156 g/mol. The Morgan fingerprint density at radius 1 is 1.27 bits per heavy atom. The van der Waals surface area contributed by atoms with Crippen LogP contribution in [0.15, 0.2) is 0 Å².